The van der Waals surface area contributed by atoms with Crippen LogP contribution in [0.4, 0.5) is 0 Å². The quantitative estimate of drug-likeness (QED) is 0.193. The van der Waals surface area contributed by atoms with Crippen LogP contribution in [0.1, 0.15) is 0 Å². The standard InChI is InChI=1S/C39H24N5OP/c45-46(27-14-5-2-6-15-27)34-21-11-19-31-36(34)43(37(42-31)25-12-3-1-4-13-25)33-23-22-26(24-35(33)46)38-40-29-17-8-7-16-28(29)39-41-30-18-9-10-20-32(30)44(38)39/h1-24H. The number of hydrogen-bond donors (Lipinski definition) is 0. The third kappa shape index (κ3) is 3.36. The predicted octanol–water partition coefficient (Wildman–Crippen LogP) is 7.66. The topological polar surface area (TPSA) is 65.1 Å². The smallest absolute Gasteiger partial charge is 0.175 e. The Bertz CT molecular complexity index is 2730. The maximum absolute atomic E-state index is 16.0. The third-order valence-electron chi connectivity index (χ3n) is 9.10. The fourth-order valence-electron chi connectivity index (χ4n) is 7.07. The summed E-state index contributed by atoms with van der Waals surface area (Å²) < 4.78 is 20.3. The Morgan fingerprint density at radius 1 is 0.522 bits per heavy atom. The molecule has 46 heavy (non-hydrogen) atoms. The SMILES string of the molecule is O=P1(c2ccccc2)c2cc(-c3nc4ccccc4c4nc5ccccc5n34)ccc2-n2c(-c3ccccc3)nc3cccc1c32. The molecule has 0 amide bonds. The van der Waals surface area contributed by atoms with Gasteiger partial charge >= 0.3 is 0 Å². The Balaban J connectivity index is 1.34. The molecule has 0 aliphatic carbocycles. The Kier molecular flexibility index (Phi) is 5.17. The van der Waals surface area contributed by atoms with Crippen LogP contribution in [0, 0.1) is 0 Å². The molecule has 0 bridgehead atoms. The van der Waals surface area contributed by atoms with E-state index in [1.807, 2.05) is 103 Å². The van der Waals surface area contributed by atoms with E-state index in [2.05, 4.69) is 51.4 Å². The summed E-state index contributed by atoms with van der Waals surface area (Å²) in [7, 11) is -3.35. The average Bonchev–Trinajstić information content (AvgIpc) is 3.71. The molecule has 1 unspecified atom stereocenters. The number of rotatable bonds is 3. The molecule has 0 saturated carbocycles. The van der Waals surface area contributed by atoms with Crippen LogP contribution in [-0.2, 0) is 4.57 Å². The van der Waals surface area contributed by atoms with Gasteiger partial charge in [0.1, 0.15) is 17.3 Å². The lowest BCUT2D eigenvalue weighted by Crippen LogP contribution is -2.33. The maximum atomic E-state index is 16.0. The fourth-order valence-corrected chi connectivity index (χ4v) is 10.1. The monoisotopic (exact) mass is 609 g/mol. The molecule has 10 rings (SSSR count). The molecular formula is C39H24N5OP. The van der Waals surface area contributed by atoms with E-state index in [0.717, 1.165) is 83.0 Å². The van der Waals surface area contributed by atoms with Gasteiger partial charge in [0.2, 0.25) is 0 Å². The van der Waals surface area contributed by atoms with E-state index < -0.39 is 7.14 Å². The van der Waals surface area contributed by atoms with Gasteiger partial charge in [0.25, 0.3) is 0 Å². The van der Waals surface area contributed by atoms with Crippen LogP contribution < -0.4 is 15.9 Å². The summed E-state index contributed by atoms with van der Waals surface area (Å²) in [6.45, 7) is 0. The molecular weight excluding hydrogens is 585 g/mol. The Morgan fingerprint density at radius 2 is 1.22 bits per heavy atom. The summed E-state index contributed by atoms with van der Waals surface area (Å²) in [5.74, 6) is 1.57. The molecule has 0 fully saturated rings. The number of benzene rings is 6. The van der Waals surface area contributed by atoms with Gasteiger partial charge < -0.3 is 4.57 Å². The average molecular weight is 610 g/mol. The van der Waals surface area contributed by atoms with Gasteiger partial charge in [-0.05, 0) is 54.6 Å². The Morgan fingerprint density at radius 3 is 2.07 bits per heavy atom. The van der Waals surface area contributed by atoms with Crippen LogP contribution >= 0.6 is 7.14 Å². The van der Waals surface area contributed by atoms with Crippen LogP contribution in [0.2, 0.25) is 0 Å². The zero-order chi connectivity index (χ0) is 30.4. The molecule has 0 spiro atoms. The third-order valence-corrected chi connectivity index (χ3v) is 12.2. The molecule has 7 heteroatoms. The van der Waals surface area contributed by atoms with Crippen LogP contribution in [0.25, 0.3) is 67.1 Å². The normalized spacial score (nSPS) is 15.6. The van der Waals surface area contributed by atoms with Crippen molar-refractivity contribution >= 4 is 61.7 Å². The maximum Gasteiger partial charge on any atom is 0.175 e. The first-order valence-corrected chi connectivity index (χ1v) is 17.0. The number of aromatic nitrogens is 5. The zero-order valence-corrected chi connectivity index (χ0v) is 25.3. The van der Waals surface area contributed by atoms with Gasteiger partial charge in [-0.15, -0.1) is 0 Å². The minimum Gasteiger partial charge on any atom is -0.308 e. The van der Waals surface area contributed by atoms with Gasteiger partial charge in [-0.1, -0.05) is 91.0 Å². The lowest BCUT2D eigenvalue weighted by molar-refractivity contribution is 0.592. The molecule has 0 radical (unpaired) electrons. The van der Waals surface area contributed by atoms with Crippen molar-refractivity contribution in [2.45, 2.75) is 0 Å². The van der Waals surface area contributed by atoms with E-state index in [1.165, 1.54) is 0 Å². The van der Waals surface area contributed by atoms with Gasteiger partial charge in [0.05, 0.1) is 33.3 Å². The van der Waals surface area contributed by atoms with E-state index in [-0.39, 0.29) is 0 Å². The molecule has 6 aromatic carbocycles. The molecule has 1 atom stereocenters. The second-order valence-corrected chi connectivity index (χ2v) is 14.3. The van der Waals surface area contributed by atoms with Gasteiger partial charge in [0, 0.05) is 32.4 Å². The van der Waals surface area contributed by atoms with Gasteiger partial charge in [0.15, 0.2) is 7.14 Å². The first-order chi connectivity index (χ1) is 22.7. The Labute approximate surface area is 263 Å². The molecule has 1 aliphatic rings. The van der Waals surface area contributed by atoms with Crippen molar-refractivity contribution in [1.29, 1.82) is 0 Å². The fraction of sp³-hybridized carbons (Fsp3) is 0. The molecule has 4 heterocycles. The van der Waals surface area contributed by atoms with Crippen LogP contribution in [0.5, 0.6) is 0 Å². The van der Waals surface area contributed by atoms with E-state index in [4.69, 9.17) is 15.0 Å². The van der Waals surface area contributed by atoms with Gasteiger partial charge in [-0.2, -0.15) is 0 Å². The highest BCUT2D eigenvalue weighted by Gasteiger charge is 2.40. The van der Waals surface area contributed by atoms with Crippen LogP contribution in [0.15, 0.2) is 146 Å². The highest BCUT2D eigenvalue weighted by molar-refractivity contribution is 7.86. The van der Waals surface area contributed by atoms with E-state index >= 15 is 4.57 Å². The summed E-state index contributed by atoms with van der Waals surface area (Å²) in [6.07, 6.45) is 0. The van der Waals surface area contributed by atoms with E-state index in [9.17, 15) is 0 Å². The molecule has 3 aromatic heterocycles. The van der Waals surface area contributed by atoms with Crippen LogP contribution in [0.3, 0.4) is 0 Å². The molecule has 0 N–H and O–H groups in total. The van der Waals surface area contributed by atoms with Crippen molar-refractivity contribution < 1.29 is 4.57 Å². The minimum atomic E-state index is -3.35. The van der Waals surface area contributed by atoms with Crippen molar-refractivity contribution in [3.63, 3.8) is 0 Å². The number of nitrogens with zero attached hydrogens (tertiary/aromatic N) is 5. The summed E-state index contributed by atoms with van der Waals surface area (Å²) in [4.78, 5) is 15.4. The lowest BCUT2D eigenvalue weighted by Gasteiger charge is -2.29. The highest BCUT2D eigenvalue weighted by atomic mass is 31.2. The van der Waals surface area contributed by atoms with E-state index in [1.54, 1.807) is 0 Å². The summed E-state index contributed by atoms with van der Waals surface area (Å²) in [5.41, 5.74) is 8.02. The predicted molar refractivity (Wildman–Crippen MR) is 186 cm³/mol. The van der Waals surface area contributed by atoms with Crippen molar-refractivity contribution in [3.8, 4) is 28.5 Å². The number of hydrogen-bond acceptors (Lipinski definition) is 4. The summed E-state index contributed by atoms with van der Waals surface area (Å²) >= 11 is 0. The van der Waals surface area contributed by atoms with Gasteiger partial charge in [-0.25, -0.2) is 15.0 Å². The highest BCUT2D eigenvalue weighted by Crippen LogP contribution is 2.50. The minimum absolute atomic E-state index is 0.753. The molecule has 6 nitrogen and oxygen atoms in total. The molecule has 216 valence electrons. The molecule has 1 aliphatic heterocycles. The summed E-state index contributed by atoms with van der Waals surface area (Å²) in [5, 5.41) is 3.33. The number of fused-ring (bicyclic) bond motifs is 7. The van der Waals surface area contributed by atoms with Crippen LogP contribution in [-0.4, -0.2) is 23.9 Å². The number of imidazole rings is 2. The van der Waals surface area contributed by atoms with Crippen molar-refractivity contribution in [1.82, 2.24) is 23.9 Å². The first kappa shape index (κ1) is 25.5. The van der Waals surface area contributed by atoms with E-state index in [0.29, 0.717) is 0 Å². The van der Waals surface area contributed by atoms with Crippen molar-refractivity contribution in [2.24, 2.45) is 0 Å². The number of para-hydroxylation sites is 4. The Hall–Kier alpha value is -5.84. The van der Waals surface area contributed by atoms with Gasteiger partial charge in [-0.3, -0.25) is 8.97 Å². The zero-order valence-electron chi connectivity index (χ0n) is 24.4. The second-order valence-electron chi connectivity index (χ2n) is 11.6. The largest absolute Gasteiger partial charge is 0.308 e. The molecule has 9 aromatic rings. The lowest BCUT2D eigenvalue weighted by atomic mass is 10.1. The summed E-state index contributed by atoms with van der Waals surface area (Å²) in [6, 6.07) is 48.6. The van der Waals surface area contributed by atoms with Crippen molar-refractivity contribution in [2.75, 3.05) is 0 Å². The second kappa shape index (κ2) is 9.33. The first-order valence-electron chi connectivity index (χ1n) is 15.2. The van der Waals surface area contributed by atoms with Crippen molar-refractivity contribution in [3.05, 3.63) is 146 Å². The molecule has 0 saturated heterocycles.